The number of rotatable bonds is 4. The maximum atomic E-state index is 10.5. The van der Waals surface area contributed by atoms with Gasteiger partial charge in [0.25, 0.3) is 0 Å². The van der Waals surface area contributed by atoms with E-state index in [1.165, 1.54) is 12.1 Å². The van der Waals surface area contributed by atoms with Crippen molar-refractivity contribution in [2.75, 3.05) is 0 Å². The lowest BCUT2D eigenvalue weighted by Crippen LogP contribution is -2.12. The highest BCUT2D eigenvalue weighted by Gasteiger charge is 2.06. The predicted molar refractivity (Wildman–Crippen MR) is 58.4 cm³/mol. The maximum absolute atomic E-state index is 10.5. The van der Waals surface area contributed by atoms with E-state index in [4.69, 9.17) is 27.9 Å². The zero-order valence-electron chi connectivity index (χ0n) is 7.96. The summed E-state index contributed by atoms with van der Waals surface area (Å²) in [6.07, 6.45) is 0.410. The Morgan fingerprint density at radius 3 is 2.67 bits per heavy atom. The quantitative estimate of drug-likeness (QED) is 0.682. The highest BCUT2D eigenvalue weighted by Crippen LogP contribution is 2.24. The van der Waals surface area contributed by atoms with Gasteiger partial charge in [-0.2, -0.15) is 0 Å². The molecule has 1 aromatic carbocycles. The summed E-state index contributed by atoms with van der Waals surface area (Å²) in [5.74, 6) is -0.465. The van der Waals surface area contributed by atoms with Crippen molar-refractivity contribution in [1.29, 1.82) is 5.41 Å². The molecule has 4 nitrogen and oxygen atoms in total. The first kappa shape index (κ1) is 11.5. The van der Waals surface area contributed by atoms with E-state index in [0.29, 0.717) is 5.56 Å². The third-order valence-corrected chi connectivity index (χ3v) is 2.22. The number of primary amides is 1. The number of aromatic hydroxyl groups is 1. The molecule has 0 aromatic heterocycles. The third-order valence-electron chi connectivity index (χ3n) is 1.92. The largest absolute Gasteiger partial charge is 0.506 e. The van der Waals surface area contributed by atoms with E-state index >= 15 is 0 Å². The lowest BCUT2D eigenvalue weighted by molar-refractivity contribution is -0.117. The van der Waals surface area contributed by atoms with Crippen LogP contribution in [0, 0.1) is 5.41 Å². The van der Waals surface area contributed by atoms with E-state index in [1.807, 2.05) is 0 Å². The summed E-state index contributed by atoms with van der Waals surface area (Å²) < 4.78 is 0. The fourth-order valence-electron chi connectivity index (χ4n) is 1.09. The van der Waals surface area contributed by atoms with Crippen molar-refractivity contribution in [3.8, 4) is 5.75 Å². The van der Waals surface area contributed by atoms with Crippen LogP contribution in [0.1, 0.15) is 18.4 Å². The third kappa shape index (κ3) is 3.25. The van der Waals surface area contributed by atoms with Gasteiger partial charge in [0.2, 0.25) is 5.91 Å². The van der Waals surface area contributed by atoms with Crippen LogP contribution in [0.2, 0.25) is 5.02 Å². The van der Waals surface area contributed by atoms with Crippen LogP contribution in [0.15, 0.2) is 18.2 Å². The van der Waals surface area contributed by atoms with Gasteiger partial charge >= 0.3 is 0 Å². The van der Waals surface area contributed by atoms with Crippen molar-refractivity contribution in [2.24, 2.45) is 5.73 Å². The van der Waals surface area contributed by atoms with Crippen LogP contribution in [0.25, 0.3) is 0 Å². The number of carbonyl (C=O) groups is 1. The van der Waals surface area contributed by atoms with Crippen LogP contribution in [-0.4, -0.2) is 16.7 Å². The SMILES string of the molecule is N=C(CCC(N)=O)c1ccc(O)c(Cl)c1. The van der Waals surface area contributed by atoms with Crippen molar-refractivity contribution >= 4 is 23.2 Å². The number of amides is 1. The van der Waals surface area contributed by atoms with E-state index in [2.05, 4.69) is 0 Å². The van der Waals surface area contributed by atoms with Gasteiger partial charge in [0.1, 0.15) is 5.75 Å². The Morgan fingerprint density at radius 2 is 2.13 bits per heavy atom. The van der Waals surface area contributed by atoms with Crippen LogP contribution >= 0.6 is 11.6 Å². The molecule has 1 amide bonds. The lowest BCUT2D eigenvalue weighted by Gasteiger charge is -2.04. The van der Waals surface area contributed by atoms with Crippen LogP contribution < -0.4 is 5.73 Å². The van der Waals surface area contributed by atoms with Crippen molar-refractivity contribution < 1.29 is 9.90 Å². The topological polar surface area (TPSA) is 87.2 Å². The van der Waals surface area contributed by atoms with Gasteiger partial charge in [-0.15, -0.1) is 0 Å². The van der Waals surface area contributed by atoms with Gasteiger partial charge in [-0.05, 0) is 30.2 Å². The molecule has 0 spiro atoms. The summed E-state index contributed by atoms with van der Waals surface area (Å²) in [5.41, 5.74) is 5.83. The first-order valence-electron chi connectivity index (χ1n) is 4.35. The molecule has 0 fully saturated rings. The number of nitrogens with two attached hydrogens (primary N) is 1. The molecular weight excluding hydrogens is 216 g/mol. The Kier molecular flexibility index (Phi) is 3.68. The summed E-state index contributed by atoms with van der Waals surface area (Å²) in [4.78, 5) is 10.5. The molecule has 0 aliphatic carbocycles. The van der Waals surface area contributed by atoms with Crippen molar-refractivity contribution in [3.63, 3.8) is 0 Å². The molecular formula is C10H11ClN2O2. The molecule has 0 aliphatic rings. The minimum Gasteiger partial charge on any atom is -0.506 e. The van der Waals surface area contributed by atoms with Gasteiger partial charge in [-0.3, -0.25) is 4.79 Å². The van der Waals surface area contributed by atoms with Crippen molar-refractivity contribution in [2.45, 2.75) is 12.8 Å². The molecule has 5 heteroatoms. The predicted octanol–water partition coefficient (Wildman–Crippen LogP) is 1.68. The van der Waals surface area contributed by atoms with Gasteiger partial charge < -0.3 is 16.2 Å². The normalized spacial score (nSPS) is 9.93. The van der Waals surface area contributed by atoms with Gasteiger partial charge in [0, 0.05) is 12.1 Å². The molecule has 0 saturated heterocycles. The zero-order valence-corrected chi connectivity index (χ0v) is 8.71. The van der Waals surface area contributed by atoms with E-state index in [0.717, 1.165) is 0 Å². The smallest absolute Gasteiger partial charge is 0.217 e. The fraction of sp³-hybridized carbons (Fsp3) is 0.200. The van der Waals surface area contributed by atoms with Crippen LogP contribution in [0.4, 0.5) is 0 Å². The number of phenolic OH excluding ortho intramolecular Hbond substituents is 1. The van der Waals surface area contributed by atoms with Crippen LogP contribution in [0.3, 0.4) is 0 Å². The number of benzene rings is 1. The van der Waals surface area contributed by atoms with E-state index in [9.17, 15) is 4.79 Å². The minimum atomic E-state index is -0.440. The highest BCUT2D eigenvalue weighted by molar-refractivity contribution is 6.32. The first-order chi connectivity index (χ1) is 7.00. The number of phenols is 1. The summed E-state index contributed by atoms with van der Waals surface area (Å²) in [5, 5.41) is 17.0. The molecule has 0 unspecified atom stereocenters. The number of hydrogen-bond acceptors (Lipinski definition) is 3. The standard InChI is InChI=1S/C10H11ClN2O2/c11-7-5-6(1-3-9(7)14)8(12)2-4-10(13)15/h1,3,5,12,14H,2,4H2,(H2,13,15). The zero-order chi connectivity index (χ0) is 11.4. The second-order valence-corrected chi connectivity index (χ2v) is 3.52. The molecule has 4 N–H and O–H groups in total. The molecule has 1 aromatic rings. The summed E-state index contributed by atoms with van der Waals surface area (Å²) in [6.45, 7) is 0. The second-order valence-electron chi connectivity index (χ2n) is 3.11. The Balaban J connectivity index is 2.74. The molecule has 0 bridgehead atoms. The van der Waals surface area contributed by atoms with Crippen molar-refractivity contribution in [1.82, 2.24) is 0 Å². The molecule has 0 aliphatic heterocycles. The molecule has 0 atom stereocenters. The Morgan fingerprint density at radius 1 is 1.47 bits per heavy atom. The minimum absolute atomic E-state index is 0.0249. The van der Waals surface area contributed by atoms with E-state index in [1.54, 1.807) is 6.07 Å². The van der Waals surface area contributed by atoms with Gasteiger partial charge in [-0.1, -0.05) is 11.6 Å². The highest BCUT2D eigenvalue weighted by atomic mass is 35.5. The molecule has 0 radical (unpaired) electrons. The summed E-state index contributed by atoms with van der Waals surface area (Å²) >= 11 is 5.68. The Labute approximate surface area is 92.2 Å². The Hall–Kier alpha value is -1.55. The van der Waals surface area contributed by atoms with Crippen molar-refractivity contribution in [3.05, 3.63) is 28.8 Å². The lowest BCUT2D eigenvalue weighted by atomic mass is 10.1. The molecule has 1 rings (SSSR count). The van der Waals surface area contributed by atoms with Crippen LogP contribution in [-0.2, 0) is 4.79 Å². The summed E-state index contributed by atoms with van der Waals surface area (Å²) in [6, 6.07) is 4.47. The average Bonchev–Trinajstić information content (AvgIpc) is 2.18. The van der Waals surface area contributed by atoms with Gasteiger partial charge in [-0.25, -0.2) is 0 Å². The monoisotopic (exact) mass is 226 g/mol. The molecule has 15 heavy (non-hydrogen) atoms. The van der Waals surface area contributed by atoms with Gasteiger partial charge in [0.15, 0.2) is 0 Å². The average molecular weight is 227 g/mol. The fourth-order valence-corrected chi connectivity index (χ4v) is 1.27. The second kappa shape index (κ2) is 4.79. The first-order valence-corrected chi connectivity index (χ1v) is 4.73. The number of carbonyl (C=O) groups excluding carboxylic acids is 1. The van der Waals surface area contributed by atoms with Gasteiger partial charge in [0.05, 0.1) is 5.02 Å². The maximum Gasteiger partial charge on any atom is 0.217 e. The van der Waals surface area contributed by atoms with Crippen LogP contribution in [0.5, 0.6) is 5.75 Å². The Bertz CT molecular complexity index is 404. The summed E-state index contributed by atoms with van der Waals surface area (Å²) in [7, 11) is 0. The molecule has 80 valence electrons. The number of hydrogen-bond donors (Lipinski definition) is 3. The molecule has 0 saturated carbocycles. The van der Waals surface area contributed by atoms with E-state index < -0.39 is 5.91 Å². The molecule has 0 heterocycles. The number of nitrogens with one attached hydrogen (secondary N) is 1. The van der Waals surface area contributed by atoms with E-state index in [-0.39, 0.29) is 29.3 Å². The number of halogens is 1.